The summed E-state index contributed by atoms with van der Waals surface area (Å²) in [7, 11) is 0. The van der Waals surface area contributed by atoms with Crippen molar-refractivity contribution in [1.29, 1.82) is 0 Å². The van der Waals surface area contributed by atoms with Crippen LogP contribution in [0.5, 0.6) is 0 Å². The molecule has 2 saturated heterocycles. The molecule has 118 valence electrons. The number of morpholine rings is 1. The maximum absolute atomic E-state index is 5.44. The summed E-state index contributed by atoms with van der Waals surface area (Å²) in [5.41, 5.74) is 1.46. The van der Waals surface area contributed by atoms with Crippen molar-refractivity contribution in [2.75, 3.05) is 59.0 Å². The molecule has 0 spiro atoms. The Morgan fingerprint density at radius 3 is 2.95 bits per heavy atom. The Kier molecular flexibility index (Phi) is 6.06. The summed E-state index contributed by atoms with van der Waals surface area (Å²) in [6.07, 6.45) is 2.48. The SMILES string of the molecule is c1cc(CCNCCN2CCC(N3CCOCC3)C2)cs1. The van der Waals surface area contributed by atoms with Gasteiger partial charge >= 0.3 is 0 Å². The zero-order chi connectivity index (χ0) is 14.3. The second-order valence-electron chi connectivity index (χ2n) is 6.02. The van der Waals surface area contributed by atoms with E-state index in [0.717, 1.165) is 51.9 Å². The number of thiophene rings is 1. The average Bonchev–Trinajstić information content (AvgIpc) is 3.19. The monoisotopic (exact) mass is 309 g/mol. The molecule has 3 heterocycles. The highest BCUT2D eigenvalue weighted by atomic mass is 32.1. The van der Waals surface area contributed by atoms with Crippen LogP contribution in [0.4, 0.5) is 0 Å². The molecule has 2 aliphatic rings. The lowest BCUT2D eigenvalue weighted by atomic mass is 10.2. The van der Waals surface area contributed by atoms with Gasteiger partial charge in [0.25, 0.3) is 0 Å². The van der Waals surface area contributed by atoms with E-state index in [2.05, 4.69) is 31.9 Å². The van der Waals surface area contributed by atoms with Crippen LogP contribution < -0.4 is 5.32 Å². The summed E-state index contributed by atoms with van der Waals surface area (Å²) >= 11 is 1.79. The molecule has 0 bridgehead atoms. The molecule has 0 radical (unpaired) electrons. The van der Waals surface area contributed by atoms with E-state index in [-0.39, 0.29) is 0 Å². The van der Waals surface area contributed by atoms with E-state index in [9.17, 15) is 0 Å². The zero-order valence-corrected chi connectivity index (χ0v) is 13.6. The number of ether oxygens (including phenoxy) is 1. The summed E-state index contributed by atoms with van der Waals surface area (Å²) in [5, 5.41) is 7.98. The topological polar surface area (TPSA) is 27.7 Å². The molecule has 1 aromatic heterocycles. The predicted molar refractivity (Wildman–Crippen MR) is 88.1 cm³/mol. The normalized spacial score (nSPS) is 24.7. The van der Waals surface area contributed by atoms with Gasteiger partial charge in [0.2, 0.25) is 0 Å². The standard InChI is InChI=1S/C16H27N3OS/c1(15-3-12-21-14-15)4-17-5-7-18-6-2-16(13-18)19-8-10-20-11-9-19/h3,12,14,16-17H,1-2,4-11,13H2. The number of hydrogen-bond acceptors (Lipinski definition) is 5. The van der Waals surface area contributed by atoms with E-state index in [1.54, 1.807) is 11.3 Å². The third-order valence-electron chi connectivity index (χ3n) is 4.58. The van der Waals surface area contributed by atoms with Gasteiger partial charge in [-0.3, -0.25) is 4.90 Å². The number of hydrogen-bond donors (Lipinski definition) is 1. The zero-order valence-electron chi connectivity index (χ0n) is 12.8. The minimum absolute atomic E-state index is 0.764. The molecule has 1 atom stereocenters. The first-order valence-electron chi connectivity index (χ1n) is 8.18. The molecule has 3 rings (SSSR count). The molecule has 1 N–H and O–H groups in total. The van der Waals surface area contributed by atoms with Crippen molar-refractivity contribution >= 4 is 11.3 Å². The Morgan fingerprint density at radius 2 is 2.14 bits per heavy atom. The third kappa shape index (κ3) is 4.76. The summed E-state index contributed by atoms with van der Waals surface area (Å²) in [6, 6.07) is 2.99. The Balaban J connectivity index is 1.26. The third-order valence-corrected chi connectivity index (χ3v) is 5.32. The predicted octanol–water partition coefficient (Wildman–Crippen LogP) is 1.29. The maximum atomic E-state index is 5.44. The fraction of sp³-hybridized carbons (Fsp3) is 0.750. The van der Waals surface area contributed by atoms with Crippen LogP contribution in [-0.2, 0) is 11.2 Å². The Bertz CT molecular complexity index is 392. The van der Waals surface area contributed by atoms with Gasteiger partial charge in [-0.1, -0.05) is 0 Å². The lowest BCUT2D eigenvalue weighted by Gasteiger charge is -2.32. The largest absolute Gasteiger partial charge is 0.379 e. The fourth-order valence-corrected chi connectivity index (χ4v) is 3.99. The smallest absolute Gasteiger partial charge is 0.0594 e. The summed E-state index contributed by atoms with van der Waals surface area (Å²) in [4.78, 5) is 5.23. The molecule has 2 aliphatic heterocycles. The first kappa shape index (κ1) is 15.4. The first-order valence-corrected chi connectivity index (χ1v) is 9.12. The molecule has 0 amide bonds. The average molecular weight is 309 g/mol. The van der Waals surface area contributed by atoms with E-state index in [1.165, 1.54) is 31.6 Å². The molecule has 0 saturated carbocycles. The van der Waals surface area contributed by atoms with Gasteiger partial charge in [0.15, 0.2) is 0 Å². The van der Waals surface area contributed by atoms with Crippen molar-refractivity contribution in [3.8, 4) is 0 Å². The first-order chi connectivity index (χ1) is 10.4. The van der Waals surface area contributed by atoms with Crippen LogP contribution in [0.25, 0.3) is 0 Å². The van der Waals surface area contributed by atoms with Crippen molar-refractivity contribution in [2.45, 2.75) is 18.9 Å². The van der Waals surface area contributed by atoms with E-state index in [0.29, 0.717) is 0 Å². The molecular formula is C16H27N3OS. The van der Waals surface area contributed by atoms with Gasteiger partial charge in [-0.15, -0.1) is 0 Å². The van der Waals surface area contributed by atoms with Crippen LogP contribution in [0.15, 0.2) is 16.8 Å². The maximum Gasteiger partial charge on any atom is 0.0594 e. The van der Waals surface area contributed by atoms with Crippen molar-refractivity contribution < 1.29 is 4.74 Å². The molecule has 4 nitrogen and oxygen atoms in total. The van der Waals surface area contributed by atoms with Crippen molar-refractivity contribution in [1.82, 2.24) is 15.1 Å². The van der Waals surface area contributed by atoms with Gasteiger partial charge < -0.3 is 15.0 Å². The van der Waals surface area contributed by atoms with Gasteiger partial charge in [-0.05, 0) is 48.3 Å². The summed E-state index contributed by atoms with van der Waals surface area (Å²) < 4.78 is 5.44. The van der Waals surface area contributed by atoms with E-state index >= 15 is 0 Å². The minimum atomic E-state index is 0.764. The van der Waals surface area contributed by atoms with Crippen molar-refractivity contribution in [3.05, 3.63) is 22.4 Å². The lowest BCUT2D eigenvalue weighted by molar-refractivity contribution is 0.0185. The van der Waals surface area contributed by atoms with Crippen LogP contribution in [0.1, 0.15) is 12.0 Å². The van der Waals surface area contributed by atoms with Gasteiger partial charge in [0.05, 0.1) is 13.2 Å². The highest BCUT2D eigenvalue weighted by Crippen LogP contribution is 2.16. The summed E-state index contributed by atoms with van der Waals surface area (Å²) in [5.74, 6) is 0. The molecular weight excluding hydrogens is 282 g/mol. The second kappa shape index (κ2) is 8.25. The summed E-state index contributed by atoms with van der Waals surface area (Å²) in [6.45, 7) is 9.97. The fourth-order valence-electron chi connectivity index (χ4n) is 3.29. The number of nitrogens with one attached hydrogen (secondary N) is 1. The van der Waals surface area contributed by atoms with Gasteiger partial charge in [-0.25, -0.2) is 0 Å². The van der Waals surface area contributed by atoms with E-state index in [1.807, 2.05) is 0 Å². The molecule has 1 unspecified atom stereocenters. The van der Waals surface area contributed by atoms with Crippen LogP contribution in [0.3, 0.4) is 0 Å². The number of rotatable bonds is 7. The Hall–Kier alpha value is -0.460. The van der Waals surface area contributed by atoms with Crippen LogP contribution in [-0.4, -0.2) is 74.9 Å². The molecule has 21 heavy (non-hydrogen) atoms. The number of nitrogens with zero attached hydrogens (tertiary/aromatic N) is 2. The van der Waals surface area contributed by atoms with Crippen LogP contribution in [0, 0.1) is 0 Å². The molecule has 0 aliphatic carbocycles. The minimum Gasteiger partial charge on any atom is -0.379 e. The molecule has 0 aromatic carbocycles. The highest BCUT2D eigenvalue weighted by Gasteiger charge is 2.28. The highest BCUT2D eigenvalue weighted by molar-refractivity contribution is 7.07. The second-order valence-corrected chi connectivity index (χ2v) is 6.80. The van der Waals surface area contributed by atoms with E-state index < -0.39 is 0 Å². The van der Waals surface area contributed by atoms with Gasteiger partial charge in [0.1, 0.15) is 0 Å². The van der Waals surface area contributed by atoms with Crippen LogP contribution >= 0.6 is 11.3 Å². The quantitative estimate of drug-likeness (QED) is 0.768. The molecule has 1 aromatic rings. The van der Waals surface area contributed by atoms with Crippen LogP contribution in [0.2, 0.25) is 0 Å². The molecule has 2 fully saturated rings. The molecule has 5 heteroatoms. The van der Waals surface area contributed by atoms with E-state index in [4.69, 9.17) is 4.74 Å². The van der Waals surface area contributed by atoms with Crippen molar-refractivity contribution in [2.24, 2.45) is 0 Å². The van der Waals surface area contributed by atoms with Gasteiger partial charge in [0, 0.05) is 38.8 Å². The van der Waals surface area contributed by atoms with Crippen molar-refractivity contribution in [3.63, 3.8) is 0 Å². The Labute approximate surface area is 132 Å². The lowest BCUT2D eigenvalue weighted by Crippen LogP contribution is -2.45. The van der Waals surface area contributed by atoms with Gasteiger partial charge in [-0.2, -0.15) is 11.3 Å². The Morgan fingerprint density at radius 1 is 1.24 bits per heavy atom. The number of likely N-dealkylation sites (tertiary alicyclic amines) is 1.